The van der Waals surface area contributed by atoms with Crippen molar-refractivity contribution in [2.75, 3.05) is 44.0 Å². The topological polar surface area (TPSA) is 99.8 Å². The molecule has 178 valence electrons. The van der Waals surface area contributed by atoms with Crippen LogP contribution in [0.15, 0.2) is 30.6 Å². The number of piperidine rings is 1. The Morgan fingerprint density at radius 2 is 1.97 bits per heavy atom. The number of nitrogens with zero attached hydrogens (tertiary/aromatic N) is 3. The fourth-order valence-corrected chi connectivity index (χ4v) is 4.56. The highest BCUT2D eigenvalue weighted by molar-refractivity contribution is 5.70. The third kappa shape index (κ3) is 6.06. The number of carbonyl (C=O) groups excluding carboxylic acids is 1. The van der Waals surface area contributed by atoms with Gasteiger partial charge in [-0.2, -0.15) is 0 Å². The Balaban J connectivity index is 1.31. The van der Waals surface area contributed by atoms with Crippen molar-refractivity contribution in [3.05, 3.63) is 36.2 Å². The lowest BCUT2D eigenvalue weighted by Gasteiger charge is -2.34. The lowest BCUT2D eigenvalue weighted by atomic mass is 9.92. The van der Waals surface area contributed by atoms with Crippen LogP contribution < -0.4 is 20.1 Å². The predicted molar refractivity (Wildman–Crippen MR) is 127 cm³/mol. The smallest absolute Gasteiger partial charge is 0.306 e. The van der Waals surface area contributed by atoms with Crippen LogP contribution in [-0.4, -0.2) is 49.4 Å². The number of nitrogens with two attached hydrogens (primary N) is 1. The Morgan fingerprint density at radius 3 is 2.67 bits per heavy atom. The number of esters is 1. The monoisotopic (exact) mass is 454 g/mol. The van der Waals surface area contributed by atoms with Gasteiger partial charge in [0.05, 0.1) is 44.3 Å². The molecule has 33 heavy (non-hydrogen) atoms. The molecule has 0 aromatic carbocycles. The summed E-state index contributed by atoms with van der Waals surface area (Å²) in [5.41, 5.74) is 8.89. The number of rotatable bonds is 10. The van der Waals surface area contributed by atoms with E-state index in [4.69, 9.17) is 19.9 Å². The maximum absolute atomic E-state index is 12.1. The second-order valence-electron chi connectivity index (χ2n) is 8.91. The molecule has 0 bridgehead atoms. The zero-order valence-corrected chi connectivity index (χ0v) is 19.5. The molecule has 0 amide bonds. The van der Waals surface area contributed by atoms with Crippen molar-refractivity contribution in [2.24, 2.45) is 11.8 Å². The molecule has 1 aliphatic carbocycles. The molecule has 8 heteroatoms. The van der Waals surface area contributed by atoms with Gasteiger partial charge in [-0.1, -0.05) is 0 Å². The van der Waals surface area contributed by atoms with Crippen LogP contribution in [0, 0.1) is 11.8 Å². The summed E-state index contributed by atoms with van der Waals surface area (Å²) in [6, 6.07) is 5.90. The van der Waals surface area contributed by atoms with Gasteiger partial charge < -0.3 is 24.8 Å². The molecule has 0 unspecified atom stereocenters. The molecule has 4 rings (SSSR count). The summed E-state index contributed by atoms with van der Waals surface area (Å²) in [5.74, 6) is 2.26. The minimum Gasteiger partial charge on any atom is -0.481 e. The first-order chi connectivity index (χ1) is 16.1. The molecule has 1 saturated heterocycles. The second-order valence-corrected chi connectivity index (χ2v) is 8.91. The standard InChI is InChI=1S/C25H34N4O4/c1-3-32-25(30)13-20(18-4-5-18)19-6-9-27-24(12-19)33-16-17-7-10-29(11-8-17)22-14-23(31-2)28-15-21(22)26/h6,9,12,14-15,17-18,20H,3-5,7-8,10-11,13,16,26H2,1-2H3/t20-/m0/s1. The zero-order chi connectivity index (χ0) is 23.2. The number of methoxy groups -OCH3 is 1. The molecular weight excluding hydrogens is 420 g/mol. The second kappa shape index (κ2) is 10.7. The van der Waals surface area contributed by atoms with E-state index in [-0.39, 0.29) is 11.9 Å². The lowest BCUT2D eigenvalue weighted by molar-refractivity contribution is -0.143. The number of nitrogen functional groups attached to an aromatic ring is 1. The van der Waals surface area contributed by atoms with Gasteiger partial charge >= 0.3 is 5.97 Å². The highest BCUT2D eigenvalue weighted by atomic mass is 16.5. The largest absolute Gasteiger partial charge is 0.481 e. The molecule has 0 radical (unpaired) electrons. The summed E-state index contributed by atoms with van der Waals surface area (Å²) < 4.78 is 16.5. The molecule has 2 aromatic heterocycles. The molecule has 2 fully saturated rings. The molecule has 1 saturated carbocycles. The van der Waals surface area contributed by atoms with Crippen molar-refractivity contribution >= 4 is 17.3 Å². The number of carbonyl (C=O) groups is 1. The molecule has 1 aliphatic heterocycles. The highest BCUT2D eigenvalue weighted by Crippen LogP contribution is 2.45. The van der Waals surface area contributed by atoms with Gasteiger partial charge in [-0.05, 0) is 62.0 Å². The predicted octanol–water partition coefficient (Wildman–Crippen LogP) is 3.81. The Hall–Kier alpha value is -3.03. The highest BCUT2D eigenvalue weighted by Gasteiger charge is 2.34. The van der Waals surface area contributed by atoms with E-state index < -0.39 is 0 Å². The van der Waals surface area contributed by atoms with Crippen molar-refractivity contribution in [1.29, 1.82) is 0 Å². The summed E-state index contributed by atoms with van der Waals surface area (Å²) in [6.45, 7) is 4.70. The van der Waals surface area contributed by atoms with Crippen LogP contribution in [0.2, 0.25) is 0 Å². The van der Waals surface area contributed by atoms with Crippen molar-refractivity contribution < 1.29 is 19.0 Å². The van der Waals surface area contributed by atoms with Crippen LogP contribution in [0.5, 0.6) is 11.8 Å². The van der Waals surface area contributed by atoms with Crippen LogP contribution in [-0.2, 0) is 9.53 Å². The van der Waals surface area contributed by atoms with Gasteiger partial charge in [-0.15, -0.1) is 0 Å². The molecule has 2 aliphatic rings. The number of anilines is 2. The van der Waals surface area contributed by atoms with E-state index in [0.717, 1.165) is 50.0 Å². The van der Waals surface area contributed by atoms with Gasteiger partial charge in [0.15, 0.2) is 0 Å². The first-order valence-corrected chi connectivity index (χ1v) is 11.9. The maximum atomic E-state index is 12.1. The number of hydrogen-bond acceptors (Lipinski definition) is 8. The molecule has 2 N–H and O–H groups in total. The quantitative estimate of drug-likeness (QED) is 0.541. The third-order valence-electron chi connectivity index (χ3n) is 6.59. The van der Waals surface area contributed by atoms with Crippen LogP contribution in [0.4, 0.5) is 11.4 Å². The number of aromatic nitrogens is 2. The zero-order valence-electron chi connectivity index (χ0n) is 19.5. The van der Waals surface area contributed by atoms with E-state index in [1.165, 1.54) is 0 Å². The Labute approximate surface area is 195 Å². The van der Waals surface area contributed by atoms with E-state index >= 15 is 0 Å². The Morgan fingerprint density at radius 1 is 1.18 bits per heavy atom. The van der Waals surface area contributed by atoms with Crippen molar-refractivity contribution in [3.8, 4) is 11.8 Å². The normalized spacial score (nSPS) is 17.5. The van der Waals surface area contributed by atoms with Crippen molar-refractivity contribution in [2.45, 2.75) is 44.9 Å². The summed E-state index contributed by atoms with van der Waals surface area (Å²) >= 11 is 0. The average Bonchev–Trinajstić information content (AvgIpc) is 3.68. The van der Waals surface area contributed by atoms with Gasteiger partial charge in [0.25, 0.3) is 0 Å². The van der Waals surface area contributed by atoms with Crippen LogP contribution in [0.25, 0.3) is 0 Å². The first kappa shape index (κ1) is 23.1. The third-order valence-corrected chi connectivity index (χ3v) is 6.59. The number of ether oxygens (including phenoxy) is 3. The Bertz CT molecular complexity index is 942. The SMILES string of the molecule is CCOC(=O)C[C@H](c1ccnc(OCC2CCN(c3cc(OC)ncc3N)CC2)c1)C1CC1. The molecule has 2 aromatic rings. The van der Waals surface area contributed by atoms with Crippen LogP contribution in [0.3, 0.4) is 0 Å². The van der Waals surface area contributed by atoms with E-state index in [2.05, 4.69) is 14.9 Å². The molecule has 8 nitrogen and oxygen atoms in total. The minimum absolute atomic E-state index is 0.132. The van der Waals surface area contributed by atoms with Crippen molar-refractivity contribution in [1.82, 2.24) is 9.97 Å². The molecule has 3 heterocycles. The summed E-state index contributed by atoms with van der Waals surface area (Å²) in [7, 11) is 1.61. The molecule has 1 atom stereocenters. The molecule has 0 spiro atoms. The van der Waals surface area contributed by atoms with Gasteiger partial charge in [-0.3, -0.25) is 4.79 Å². The summed E-state index contributed by atoms with van der Waals surface area (Å²) in [4.78, 5) is 22.9. The minimum atomic E-state index is -0.132. The lowest BCUT2D eigenvalue weighted by Crippen LogP contribution is -2.36. The van der Waals surface area contributed by atoms with Gasteiger partial charge in [0, 0.05) is 31.4 Å². The van der Waals surface area contributed by atoms with E-state index in [9.17, 15) is 4.79 Å². The molecular formula is C25H34N4O4. The van der Waals surface area contributed by atoms with Gasteiger partial charge in [0.2, 0.25) is 11.8 Å². The summed E-state index contributed by atoms with van der Waals surface area (Å²) in [5, 5.41) is 0. The first-order valence-electron chi connectivity index (χ1n) is 11.9. The van der Waals surface area contributed by atoms with E-state index in [0.29, 0.717) is 48.9 Å². The average molecular weight is 455 g/mol. The maximum Gasteiger partial charge on any atom is 0.306 e. The Kier molecular flexibility index (Phi) is 7.52. The number of pyridine rings is 2. The van der Waals surface area contributed by atoms with E-state index in [1.807, 2.05) is 25.1 Å². The van der Waals surface area contributed by atoms with Gasteiger partial charge in [-0.25, -0.2) is 9.97 Å². The summed E-state index contributed by atoms with van der Waals surface area (Å²) in [6.07, 6.45) is 8.20. The fraction of sp³-hybridized carbons (Fsp3) is 0.560. The van der Waals surface area contributed by atoms with Crippen molar-refractivity contribution in [3.63, 3.8) is 0 Å². The van der Waals surface area contributed by atoms with E-state index in [1.54, 1.807) is 19.5 Å². The van der Waals surface area contributed by atoms with Crippen LogP contribution >= 0.6 is 0 Å². The fourth-order valence-electron chi connectivity index (χ4n) is 4.56. The van der Waals surface area contributed by atoms with Gasteiger partial charge in [0.1, 0.15) is 0 Å². The van der Waals surface area contributed by atoms with Crippen LogP contribution in [0.1, 0.15) is 50.5 Å². The number of hydrogen-bond donors (Lipinski definition) is 1.